The first kappa shape index (κ1) is 43.0. The SMILES string of the molecule is CCn1c(-c2cccnc2[C@H](C)OC)c2c3cc(ccc31)-c1cccc(c1)C[C@H](NC(=O)[C@H](C(C)C)N(C)C(=O)C1COC1)C(=O)N1CCC[C@H](N1)C(=O)OCC(C)(C)C2. The van der Waals surface area contributed by atoms with Crippen LogP contribution >= 0.6 is 0 Å². The first-order valence-corrected chi connectivity index (χ1v) is 21.3. The van der Waals surface area contributed by atoms with E-state index < -0.39 is 35.4 Å². The fourth-order valence-corrected chi connectivity index (χ4v) is 8.97. The number of aromatic nitrogens is 2. The average Bonchev–Trinajstić information content (AvgIpc) is 3.52. The number of likely N-dealkylation sites (N-methyl/N-ethyl adjacent to an activating group) is 1. The van der Waals surface area contributed by atoms with Gasteiger partial charge in [-0.25, -0.2) is 5.43 Å². The lowest BCUT2D eigenvalue weighted by atomic mass is 9.84. The number of benzene rings is 2. The van der Waals surface area contributed by atoms with Gasteiger partial charge in [0, 0.05) is 61.7 Å². The maximum atomic E-state index is 14.5. The number of hydrogen-bond acceptors (Lipinski definition) is 9. The number of carbonyl (C=O) groups excluding carboxylic acids is 4. The Balaban J connectivity index is 1.33. The Labute approximate surface area is 353 Å². The number of hydrogen-bond donors (Lipinski definition) is 2. The number of esters is 1. The highest BCUT2D eigenvalue weighted by atomic mass is 16.5. The number of pyridine rings is 1. The average molecular weight is 821 g/mol. The standard InChI is InChI=1S/C47H60N6O7/c1-9-52-39-18-17-32-23-35(39)36(42(52)34-15-11-19-48-40(34)29(4)58-8)24-47(5,6)27-60-46(57)37-16-12-20-53(50-37)45(56)38(22-30-13-10-14-31(32)21-30)49-43(54)41(28(2)3)51(7)44(55)33-25-59-26-33/h10-11,13-15,17-19,21,23,28-29,33,37-38,41,50H,9,12,16,20,22,24-27H2,1-8H3,(H,49,54)/t29-,37-,38-,41-/m0/s1. The van der Waals surface area contributed by atoms with Crippen LogP contribution in [0.15, 0.2) is 60.8 Å². The smallest absolute Gasteiger partial charge is 0.324 e. The molecule has 0 radical (unpaired) electrons. The molecule has 4 aromatic rings. The summed E-state index contributed by atoms with van der Waals surface area (Å²) in [5, 5.41) is 5.60. The Morgan fingerprint density at radius 2 is 1.83 bits per heavy atom. The predicted octanol–water partition coefficient (Wildman–Crippen LogP) is 5.88. The Hall–Kier alpha value is -5.11. The van der Waals surface area contributed by atoms with Gasteiger partial charge in [-0.3, -0.25) is 29.2 Å². The minimum absolute atomic E-state index is 0.154. The van der Waals surface area contributed by atoms with E-state index in [-0.39, 0.29) is 42.8 Å². The summed E-state index contributed by atoms with van der Waals surface area (Å²) in [5.41, 5.74) is 10.6. The minimum atomic E-state index is -0.997. The molecule has 6 bridgehead atoms. The maximum Gasteiger partial charge on any atom is 0.324 e. The molecule has 320 valence electrons. The van der Waals surface area contributed by atoms with Gasteiger partial charge in [-0.05, 0) is 85.5 Å². The summed E-state index contributed by atoms with van der Waals surface area (Å²) in [5.74, 6) is -1.90. The largest absolute Gasteiger partial charge is 0.464 e. The number of aryl methyl sites for hydroxylation is 1. The monoisotopic (exact) mass is 820 g/mol. The lowest BCUT2D eigenvalue weighted by Crippen LogP contribution is -2.62. The number of cyclic esters (lactones) is 1. The van der Waals surface area contributed by atoms with E-state index in [1.807, 2.05) is 39.0 Å². The van der Waals surface area contributed by atoms with Crippen LogP contribution in [0, 0.1) is 17.3 Å². The van der Waals surface area contributed by atoms with E-state index in [9.17, 15) is 19.2 Å². The van der Waals surface area contributed by atoms with Gasteiger partial charge in [-0.1, -0.05) is 58.0 Å². The maximum absolute atomic E-state index is 14.5. The predicted molar refractivity (Wildman–Crippen MR) is 229 cm³/mol. The van der Waals surface area contributed by atoms with Crippen molar-refractivity contribution in [2.45, 2.75) is 98.0 Å². The molecule has 0 spiro atoms. The number of ether oxygens (including phenoxy) is 3. The zero-order valence-electron chi connectivity index (χ0n) is 36.2. The van der Waals surface area contributed by atoms with E-state index in [1.165, 1.54) is 9.91 Å². The van der Waals surface area contributed by atoms with Crippen LogP contribution in [-0.4, -0.2) is 102 Å². The highest BCUT2D eigenvalue weighted by Gasteiger charge is 2.40. The number of fused-ring (bicyclic) bond motifs is 6. The molecule has 7 rings (SSSR count). The Kier molecular flexibility index (Phi) is 12.8. The summed E-state index contributed by atoms with van der Waals surface area (Å²) >= 11 is 0. The molecular formula is C47H60N6O7. The van der Waals surface area contributed by atoms with Gasteiger partial charge in [-0.15, -0.1) is 0 Å². The molecule has 2 N–H and O–H groups in total. The zero-order valence-corrected chi connectivity index (χ0v) is 36.2. The number of methoxy groups -OCH3 is 1. The number of nitrogens with zero attached hydrogens (tertiary/aromatic N) is 4. The second-order valence-electron chi connectivity index (χ2n) is 17.7. The van der Waals surface area contributed by atoms with Gasteiger partial charge in [0.1, 0.15) is 18.1 Å². The van der Waals surface area contributed by atoms with Crippen molar-refractivity contribution in [2.75, 3.05) is 40.5 Å². The van der Waals surface area contributed by atoms with E-state index in [0.29, 0.717) is 45.6 Å². The van der Waals surface area contributed by atoms with Gasteiger partial charge < -0.3 is 29.0 Å². The molecule has 5 heterocycles. The van der Waals surface area contributed by atoms with Crippen LogP contribution in [0.3, 0.4) is 0 Å². The second-order valence-corrected chi connectivity index (χ2v) is 17.7. The molecule has 2 aromatic carbocycles. The first-order chi connectivity index (χ1) is 28.7. The summed E-state index contributed by atoms with van der Waals surface area (Å²) < 4.78 is 19.5. The molecule has 60 heavy (non-hydrogen) atoms. The zero-order chi connectivity index (χ0) is 42.9. The second kappa shape index (κ2) is 17.9. The molecule has 13 heteroatoms. The normalized spacial score (nSPS) is 20.9. The van der Waals surface area contributed by atoms with Crippen molar-refractivity contribution < 1.29 is 33.4 Å². The van der Waals surface area contributed by atoms with Crippen molar-refractivity contribution in [3.05, 3.63) is 77.6 Å². The third kappa shape index (κ3) is 8.71. The van der Waals surface area contributed by atoms with Crippen molar-refractivity contribution >= 4 is 34.6 Å². The van der Waals surface area contributed by atoms with Crippen molar-refractivity contribution in [1.29, 1.82) is 0 Å². The van der Waals surface area contributed by atoms with Gasteiger partial charge in [0.2, 0.25) is 11.8 Å². The third-order valence-electron chi connectivity index (χ3n) is 12.3. The molecular weight excluding hydrogens is 761 g/mol. The van der Waals surface area contributed by atoms with E-state index >= 15 is 0 Å². The fourth-order valence-electron chi connectivity index (χ4n) is 8.97. The quantitative estimate of drug-likeness (QED) is 0.198. The third-order valence-corrected chi connectivity index (χ3v) is 12.3. The van der Waals surface area contributed by atoms with Gasteiger partial charge in [-0.2, -0.15) is 0 Å². The summed E-state index contributed by atoms with van der Waals surface area (Å²) in [6, 6.07) is 16.1. The van der Waals surface area contributed by atoms with Crippen molar-refractivity contribution in [1.82, 2.24) is 30.2 Å². The van der Waals surface area contributed by atoms with Crippen LogP contribution in [0.1, 0.15) is 77.3 Å². The van der Waals surface area contributed by atoms with Crippen molar-refractivity contribution in [2.24, 2.45) is 17.3 Å². The van der Waals surface area contributed by atoms with E-state index in [2.05, 4.69) is 72.5 Å². The van der Waals surface area contributed by atoms with Crippen molar-refractivity contribution in [3.63, 3.8) is 0 Å². The molecule has 4 atom stereocenters. The molecule has 13 nitrogen and oxygen atoms in total. The lowest BCUT2D eigenvalue weighted by molar-refractivity contribution is -0.156. The highest BCUT2D eigenvalue weighted by Crippen LogP contribution is 2.42. The molecule has 3 amide bonds. The van der Waals surface area contributed by atoms with Gasteiger partial charge in [0.15, 0.2) is 0 Å². The van der Waals surface area contributed by atoms with Crippen LogP contribution in [0.5, 0.6) is 0 Å². The molecule has 0 aliphatic carbocycles. The van der Waals surface area contributed by atoms with Crippen LogP contribution in [0.2, 0.25) is 0 Å². The van der Waals surface area contributed by atoms with Gasteiger partial charge in [0.25, 0.3) is 5.91 Å². The number of amides is 3. The molecule has 3 aliphatic heterocycles. The van der Waals surface area contributed by atoms with Gasteiger partial charge in [0.05, 0.1) is 43.2 Å². The van der Waals surface area contributed by atoms with Crippen molar-refractivity contribution in [3.8, 4) is 22.4 Å². The Morgan fingerprint density at radius 3 is 2.53 bits per heavy atom. The summed E-state index contributed by atoms with van der Waals surface area (Å²) in [7, 11) is 3.33. The van der Waals surface area contributed by atoms with Crippen LogP contribution < -0.4 is 10.7 Å². The van der Waals surface area contributed by atoms with Crippen LogP contribution in [0.4, 0.5) is 0 Å². The topological polar surface area (TPSA) is 144 Å². The van der Waals surface area contributed by atoms with Gasteiger partial charge >= 0.3 is 5.97 Å². The molecule has 2 aromatic heterocycles. The lowest BCUT2D eigenvalue weighted by Gasteiger charge is -2.37. The summed E-state index contributed by atoms with van der Waals surface area (Å²) in [4.78, 5) is 62.2. The number of rotatable bonds is 9. The molecule has 2 fully saturated rings. The summed E-state index contributed by atoms with van der Waals surface area (Å²) in [6.07, 6.45) is 3.41. The Morgan fingerprint density at radius 1 is 1.07 bits per heavy atom. The van der Waals surface area contributed by atoms with E-state index in [1.54, 1.807) is 20.4 Å². The molecule has 0 saturated carbocycles. The number of nitrogens with one attached hydrogen (secondary N) is 2. The Bertz CT molecular complexity index is 2250. The number of hydrazine groups is 1. The number of carbonyl (C=O) groups is 4. The minimum Gasteiger partial charge on any atom is -0.464 e. The van der Waals surface area contributed by atoms with Crippen LogP contribution in [0.25, 0.3) is 33.3 Å². The molecule has 0 unspecified atom stereocenters. The highest BCUT2D eigenvalue weighted by molar-refractivity contribution is 5.96. The summed E-state index contributed by atoms with van der Waals surface area (Å²) in [6.45, 7) is 14.0. The van der Waals surface area contributed by atoms with E-state index in [4.69, 9.17) is 19.2 Å². The first-order valence-electron chi connectivity index (χ1n) is 21.3. The molecule has 3 aliphatic rings. The van der Waals surface area contributed by atoms with E-state index in [0.717, 1.165) is 50.1 Å². The fraction of sp³-hybridized carbons (Fsp3) is 0.511. The molecule has 2 saturated heterocycles. The van der Waals surface area contributed by atoms with Crippen LogP contribution in [-0.2, 0) is 52.8 Å².